The van der Waals surface area contributed by atoms with Crippen LogP contribution in [0.1, 0.15) is 25.5 Å². The molecule has 1 unspecified atom stereocenters. The number of furan rings is 1. The highest BCUT2D eigenvalue weighted by atomic mass is 16.4. The van der Waals surface area contributed by atoms with Crippen LogP contribution in [0.15, 0.2) is 28.9 Å². The van der Waals surface area contributed by atoms with E-state index >= 15 is 0 Å². The Balaban J connectivity index is 2.22. The standard InChI is InChI=1S/C13H17NO4/c1-10(4-7-13(16)17)9-14-12(15)6-5-11-3-2-8-18-11/h2-3,5-6,8,10H,4,7,9H2,1H3,(H,14,15)(H,16,17)/b6-5+. The Morgan fingerprint density at radius 3 is 2.94 bits per heavy atom. The highest BCUT2D eigenvalue weighted by Crippen LogP contribution is 2.04. The largest absolute Gasteiger partial charge is 0.481 e. The molecule has 0 fully saturated rings. The summed E-state index contributed by atoms with van der Waals surface area (Å²) in [6.07, 6.45) is 5.18. The maximum Gasteiger partial charge on any atom is 0.303 e. The number of rotatable bonds is 7. The van der Waals surface area contributed by atoms with Crippen LogP contribution in [0.5, 0.6) is 0 Å². The zero-order valence-corrected chi connectivity index (χ0v) is 10.3. The summed E-state index contributed by atoms with van der Waals surface area (Å²) in [6, 6.07) is 3.49. The molecule has 1 aromatic rings. The Hall–Kier alpha value is -2.04. The summed E-state index contributed by atoms with van der Waals surface area (Å²) in [6.45, 7) is 2.37. The van der Waals surface area contributed by atoms with Crippen molar-refractivity contribution in [3.8, 4) is 0 Å². The van der Waals surface area contributed by atoms with E-state index in [2.05, 4.69) is 5.32 Å². The van der Waals surface area contributed by atoms with Crippen molar-refractivity contribution in [1.29, 1.82) is 0 Å². The molecule has 18 heavy (non-hydrogen) atoms. The number of carboxylic acids is 1. The molecule has 0 saturated carbocycles. The third kappa shape index (κ3) is 5.89. The molecule has 0 aliphatic heterocycles. The minimum absolute atomic E-state index is 0.124. The second-order valence-corrected chi connectivity index (χ2v) is 4.13. The summed E-state index contributed by atoms with van der Waals surface area (Å²) in [4.78, 5) is 21.8. The summed E-state index contributed by atoms with van der Waals surface area (Å²) >= 11 is 0. The molecule has 5 heteroatoms. The number of aliphatic carboxylic acids is 1. The minimum atomic E-state index is -0.814. The zero-order chi connectivity index (χ0) is 13.4. The molecular weight excluding hydrogens is 234 g/mol. The van der Waals surface area contributed by atoms with Gasteiger partial charge in [-0.1, -0.05) is 6.92 Å². The summed E-state index contributed by atoms with van der Waals surface area (Å²) < 4.78 is 5.04. The molecule has 0 spiro atoms. The quantitative estimate of drug-likeness (QED) is 0.725. The van der Waals surface area contributed by atoms with Gasteiger partial charge in [-0.2, -0.15) is 0 Å². The number of hydrogen-bond acceptors (Lipinski definition) is 3. The van der Waals surface area contributed by atoms with Crippen molar-refractivity contribution in [3.63, 3.8) is 0 Å². The van der Waals surface area contributed by atoms with Crippen molar-refractivity contribution >= 4 is 18.0 Å². The van der Waals surface area contributed by atoms with Crippen LogP contribution in [0, 0.1) is 5.92 Å². The van der Waals surface area contributed by atoms with Gasteiger partial charge >= 0.3 is 5.97 Å². The molecule has 0 bridgehead atoms. The molecular formula is C13H17NO4. The molecule has 2 N–H and O–H groups in total. The molecule has 1 atom stereocenters. The van der Waals surface area contributed by atoms with E-state index in [0.29, 0.717) is 18.7 Å². The first-order valence-electron chi connectivity index (χ1n) is 5.79. The van der Waals surface area contributed by atoms with Gasteiger partial charge in [0.1, 0.15) is 5.76 Å². The van der Waals surface area contributed by atoms with Crippen molar-refractivity contribution in [2.75, 3.05) is 6.54 Å². The van der Waals surface area contributed by atoms with E-state index in [9.17, 15) is 9.59 Å². The second kappa shape index (κ2) is 7.32. The van der Waals surface area contributed by atoms with Gasteiger partial charge in [0.25, 0.3) is 0 Å². The minimum Gasteiger partial charge on any atom is -0.481 e. The average Bonchev–Trinajstić information content (AvgIpc) is 2.84. The summed E-state index contributed by atoms with van der Waals surface area (Å²) in [5.41, 5.74) is 0. The lowest BCUT2D eigenvalue weighted by Gasteiger charge is -2.09. The highest BCUT2D eigenvalue weighted by molar-refractivity contribution is 5.91. The first-order valence-corrected chi connectivity index (χ1v) is 5.79. The van der Waals surface area contributed by atoms with Crippen LogP contribution < -0.4 is 5.32 Å². The van der Waals surface area contributed by atoms with Gasteiger partial charge in [-0.25, -0.2) is 0 Å². The predicted molar refractivity (Wildman–Crippen MR) is 66.8 cm³/mol. The van der Waals surface area contributed by atoms with Gasteiger partial charge in [-0.3, -0.25) is 9.59 Å². The molecule has 0 radical (unpaired) electrons. The van der Waals surface area contributed by atoms with Gasteiger partial charge in [0.05, 0.1) is 6.26 Å². The SMILES string of the molecule is CC(CCC(=O)O)CNC(=O)/C=C/c1ccco1. The molecule has 1 amide bonds. The number of amides is 1. The fourth-order valence-corrected chi connectivity index (χ4v) is 1.35. The smallest absolute Gasteiger partial charge is 0.303 e. The lowest BCUT2D eigenvalue weighted by Crippen LogP contribution is -2.26. The second-order valence-electron chi connectivity index (χ2n) is 4.13. The fourth-order valence-electron chi connectivity index (χ4n) is 1.35. The molecule has 1 aromatic heterocycles. The van der Waals surface area contributed by atoms with Crippen LogP contribution in [-0.4, -0.2) is 23.5 Å². The van der Waals surface area contributed by atoms with Crippen LogP contribution in [0.3, 0.4) is 0 Å². The van der Waals surface area contributed by atoms with E-state index in [1.165, 1.54) is 12.3 Å². The lowest BCUT2D eigenvalue weighted by molar-refractivity contribution is -0.137. The van der Waals surface area contributed by atoms with Crippen LogP contribution in [0.25, 0.3) is 6.08 Å². The summed E-state index contributed by atoms with van der Waals surface area (Å²) in [7, 11) is 0. The monoisotopic (exact) mass is 251 g/mol. The first kappa shape index (κ1) is 14.0. The number of hydrogen-bond donors (Lipinski definition) is 2. The highest BCUT2D eigenvalue weighted by Gasteiger charge is 2.06. The van der Waals surface area contributed by atoms with Gasteiger partial charge in [0.15, 0.2) is 0 Å². The fraction of sp³-hybridized carbons (Fsp3) is 0.385. The Kier molecular flexibility index (Phi) is 5.70. The van der Waals surface area contributed by atoms with E-state index in [-0.39, 0.29) is 18.2 Å². The van der Waals surface area contributed by atoms with Crippen molar-refractivity contribution < 1.29 is 19.1 Å². The summed E-state index contributed by atoms with van der Waals surface area (Å²) in [5.74, 6) is -0.273. The average molecular weight is 251 g/mol. The molecule has 0 saturated heterocycles. The van der Waals surface area contributed by atoms with Crippen molar-refractivity contribution in [2.45, 2.75) is 19.8 Å². The Morgan fingerprint density at radius 2 is 2.33 bits per heavy atom. The predicted octanol–water partition coefficient (Wildman–Crippen LogP) is 1.91. The van der Waals surface area contributed by atoms with Gasteiger partial charge in [-0.15, -0.1) is 0 Å². The number of carboxylic acid groups (broad SMARTS) is 1. The third-order valence-electron chi connectivity index (χ3n) is 2.42. The maximum atomic E-state index is 11.4. The Morgan fingerprint density at radius 1 is 1.56 bits per heavy atom. The number of carbonyl (C=O) groups excluding carboxylic acids is 1. The molecule has 0 aromatic carbocycles. The Labute approximate surface area is 105 Å². The Bertz CT molecular complexity index is 409. The van der Waals surface area contributed by atoms with Gasteiger partial charge in [0, 0.05) is 19.0 Å². The van der Waals surface area contributed by atoms with Gasteiger partial charge < -0.3 is 14.8 Å². The number of nitrogens with one attached hydrogen (secondary N) is 1. The first-order chi connectivity index (χ1) is 8.58. The molecule has 1 heterocycles. The van der Waals surface area contributed by atoms with Crippen LogP contribution >= 0.6 is 0 Å². The third-order valence-corrected chi connectivity index (χ3v) is 2.42. The molecule has 0 aliphatic rings. The van der Waals surface area contributed by atoms with E-state index in [1.54, 1.807) is 18.2 Å². The maximum absolute atomic E-state index is 11.4. The van der Waals surface area contributed by atoms with Crippen LogP contribution in [0.2, 0.25) is 0 Å². The number of carbonyl (C=O) groups is 2. The summed E-state index contributed by atoms with van der Waals surface area (Å²) in [5, 5.41) is 11.2. The van der Waals surface area contributed by atoms with Gasteiger partial charge in [0.2, 0.25) is 5.91 Å². The van der Waals surface area contributed by atoms with Crippen molar-refractivity contribution in [3.05, 3.63) is 30.2 Å². The topological polar surface area (TPSA) is 79.5 Å². The van der Waals surface area contributed by atoms with Gasteiger partial charge in [-0.05, 0) is 30.5 Å². The van der Waals surface area contributed by atoms with Crippen LogP contribution in [-0.2, 0) is 9.59 Å². The van der Waals surface area contributed by atoms with E-state index in [1.807, 2.05) is 6.92 Å². The molecule has 5 nitrogen and oxygen atoms in total. The van der Waals surface area contributed by atoms with Crippen molar-refractivity contribution in [2.24, 2.45) is 5.92 Å². The molecule has 1 rings (SSSR count). The van der Waals surface area contributed by atoms with Crippen molar-refractivity contribution in [1.82, 2.24) is 5.32 Å². The lowest BCUT2D eigenvalue weighted by atomic mass is 10.1. The van der Waals surface area contributed by atoms with Crippen LogP contribution in [0.4, 0.5) is 0 Å². The van der Waals surface area contributed by atoms with E-state index in [4.69, 9.17) is 9.52 Å². The van der Waals surface area contributed by atoms with E-state index in [0.717, 1.165) is 0 Å². The molecule has 0 aliphatic carbocycles. The zero-order valence-electron chi connectivity index (χ0n) is 10.3. The molecule has 98 valence electrons. The normalized spacial score (nSPS) is 12.5. The van der Waals surface area contributed by atoms with E-state index < -0.39 is 5.97 Å².